The van der Waals surface area contributed by atoms with Gasteiger partial charge in [-0.25, -0.2) is 9.69 Å². The minimum atomic E-state index is -1.16. The molecule has 1 aromatic rings. The van der Waals surface area contributed by atoms with Gasteiger partial charge >= 0.3 is 6.09 Å². The molecular weight excluding hydrogens is 264 g/mol. The molecule has 3 amide bonds. The maximum absolute atomic E-state index is 12.0. The van der Waals surface area contributed by atoms with E-state index in [1.54, 1.807) is 20.2 Å². The number of furan rings is 1. The molecular formula is C13H16N2O5. The van der Waals surface area contributed by atoms with Gasteiger partial charge in [-0.2, -0.15) is 0 Å². The van der Waals surface area contributed by atoms with Crippen LogP contribution in [0.5, 0.6) is 0 Å². The fourth-order valence-electron chi connectivity index (χ4n) is 1.82. The normalized spacial score (nSPS) is 17.3. The van der Waals surface area contributed by atoms with E-state index in [-0.39, 0.29) is 18.2 Å². The van der Waals surface area contributed by atoms with Crippen molar-refractivity contribution in [2.24, 2.45) is 0 Å². The van der Waals surface area contributed by atoms with Crippen molar-refractivity contribution >= 4 is 17.9 Å². The molecule has 2 heterocycles. The van der Waals surface area contributed by atoms with Crippen LogP contribution in [0.2, 0.25) is 0 Å². The van der Waals surface area contributed by atoms with E-state index in [0.29, 0.717) is 5.76 Å². The Kier molecular flexibility index (Phi) is 3.29. The number of hydrogen-bond acceptors (Lipinski definition) is 5. The summed E-state index contributed by atoms with van der Waals surface area (Å²) in [6, 6.07) is 3.07. The summed E-state index contributed by atoms with van der Waals surface area (Å²) in [6.45, 7) is 2.99. The summed E-state index contributed by atoms with van der Waals surface area (Å²) in [7, 11) is 3.21. The first-order valence-corrected chi connectivity index (χ1v) is 6.07. The summed E-state index contributed by atoms with van der Waals surface area (Å²) in [4.78, 5) is 37.6. The van der Waals surface area contributed by atoms with Crippen LogP contribution < -0.4 is 0 Å². The third kappa shape index (κ3) is 2.38. The van der Waals surface area contributed by atoms with Crippen molar-refractivity contribution < 1.29 is 23.5 Å². The monoisotopic (exact) mass is 280 g/mol. The Morgan fingerprint density at radius 3 is 2.45 bits per heavy atom. The molecule has 1 fully saturated rings. The Bertz CT molecular complexity index is 573. The zero-order chi connectivity index (χ0) is 15.1. The molecule has 1 aliphatic rings. The number of ether oxygens (including phenoxy) is 1. The molecule has 0 radical (unpaired) electrons. The highest BCUT2D eigenvalue weighted by atomic mass is 16.6. The second-order valence-corrected chi connectivity index (χ2v) is 5.24. The van der Waals surface area contributed by atoms with E-state index in [4.69, 9.17) is 9.15 Å². The van der Waals surface area contributed by atoms with Crippen LogP contribution in [0.15, 0.2) is 16.5 Å². The zero-order valence-corrected chi connectivity index (χ0v) is 11.8. The molecule has 0 unspecified atom stereocenters. The summed E-state index contributed by atoms with van der Waals surface area (Å²) in [5.74, 6) is -0.214. The molecule has 0 saturated carbocycles. The predicted molar refractivity (Wildman–Crippen MR) is 67.8 cm³/mol. The van der Waals surface area contributed by atoms with Crippen LogP contribution in [-0.4, -0.2) is 47.4 Å². The summed E-state index contributed by atoms with van der Waals surface area (Å²) < 4.78 is 10.3. The summed E-state index contributed by atoms with van der Waals surface area (Å²) >= 11 is 0. The van der Waals surface area contributed by atoms with Gasteiger partial charge in [0.15, 0.2) is 11.4 Å². The lowest BCUT2D eigenvalue weighted by atomic mass is 10.1. The first-order chi connectivity index (χ1) is 9.22. The van der Waals surface area contributed by atoms with Crippen molar-refractivity contribution in [1.29, 1.82) is 0 Å². The highest BCUT2D eigenvalue weighted by molar-refractivity contribution is 6.02. The van der Waals surface area contributed by atoms with E-state index in [9.17, 15) is 14.4 Å². The van der Waals surface area contributed by atoms with Crippen LogP contribution >= 0.6 is 0 Å². The van der Waals surface area contributed by atoms with E-state index < -0.39 is 17.6 Å². The zero-order valence-electron chi connectivity index (χ0n) is 11.8. The third-order valence-corrected chi connectivity index (χ3v) is 2.92. The van der Waals surface area contributed by atoms with Gasteiger partial charge in [-0.1, -0.05) is 0 Å². The van der Waals surface area contributed by atoms with Crippen molar-refractivity contribution in [2.45, 2.75) is 26.0 Å². The Hall–Kier alpha value is -2.31. The minimum Gasteiger partial charge on any atom is -0.454 e. The maximum Gasteiger partial charge on any atom is 0.418 e. The van der Waals surface area contributed by atoms with Crippen molar-refractivity contribution in [3.63, 3.8) is 0 Å². The number of carbonyl (C=O) groups is 3. The number of rotatable bonds is 3. The fraction of sp³-hybridized carbons (Fsp3) is 0.462. The highest BCUT2D eigenvalue weighted by Gasteiger charge is 2.47. The van der Waals surface area contributed by atoms with Crippen molar-refractivity contribution in [3.05, 3.63) is 23.7 Å². The van der Waals surface area contributed by atoms with E-state index in [1.165, 1.54) is 24.8 Å². The number of hydrogen-bond donors (Lipinski definition) is 0. The lowest BCUT2D eigenvalue weighted by molar-refractivity contribution is -0.135. The van der Waals surface area contributed by atoms with Gasteiger partial charge in [-0.05, 0) is 26.0 Å². The number of cyclic esters (lactones) is 1. The SMILES string of the molecule is CN(C)C(=O)c1ccc(CN2C(=O)OC(C)(C)C2=O)o1. The van der Waals surface area contributed by atoms with Crippen LogP contribution in [0.3, 0.4) is 0 Å². The first-order valence-electron chi connectivity index (χ1n) is 6.07. The van der Waals surface area contributed by atoms with Gasteiger partial charge in [-0.3, -0.25) is 9.59 Å². The average molecular weight is 280 g/mol. The molecule has 0 bridgehead atoms. The average Bonchev–Trinajstić information content (AvgIpc) is 2.87. The van der Waals surface area contributed by atoms with Gasteiger partial charge in [0, 0.05) is 14.1 Å². The highest BCUT2D eigenvalue weighted by Crippen LogP contribution is 2.25. The topological polar surface area (TPSA) is 80.1 Å². The number of imide groups is 1. The maximum atomic E-state index is 12.0. The Morgan fingerprint density at radius 2 is 1.95 bits per heavy atom. The summed E-state index contributed by atoms with van der Waals surface area (Å²) in [6.07, 6.45) is -0.711. The lowest BCUT2D eigenvalue weighted by Gasteiger charge is -2.12. The molecule has 1 aromatic heterocycles. The summed E-state index contributed by atoms with van der Waals surface area (Å²) in [5.41, 5.74) is -1.16. The smallest absolute Gasteiger partial charge is 0.418 e. The molecule has 7 nitrogen and oxygen atoms in total. The Balaban J connectivity index is 2.14. The van der Waals surface area contributed by atoms with Gasteiger partial charge < -0.3 is 14.1 Å². The number of amides is 3. The van der Waals surface area contributed by atoms with Gasteiger partial charge in [-0.15, -0.1) is 0 Å². The minimum absolute atomic E-state index is 0.0538. The molecule has 0 spiro atoms. The second-order valence-electron chi connectivity index (χ2n) is 5.24. The second kappa shape index (κ2) is 4.66. The van der Waals surface area contributed by atoms with E-state index in [2.05, 4.69) is 0 Å². The van der Waals surface area contributed by atoms with Gasteiger partial charge in [0.25, 0.3) is 11.8 Å². The quantitative estimate of drug-likeness (QED) is 0.832. The molecule has 0 N–H and O–H groups in total. The largest absolute Gasteiger partial charge is 0.454 e. The van der Waals surface area contributed by atoms with Crippen LogP contribution in [0.25, 0.3) is 0 Å². The van der Waals surface area contributed by atoms with Crippen molar-refractivity contribution in [2.75, 3.05) is 14.1 Å². The third-order valence-electron chi connectivity index (χ3n) is 2.92. The van der Waals surface area contributed by atoms with Gasteiger partial charge in [0.05, 0.1) is 6.54 Å². The van der Waals surface area contributed by atoms with Crippen LogP contribution in [0.4, 0.5) is 4.79 Å². The van der Waals surface area contributed by atoms with Crippen molar-refractivity contribution in [1.82, 2.24) is 9.80 Å². The molecule has 7 heteroatoms. The molecule has 0 aliphatic carbocycles. The van der Waals surface area contributed by atoms with Crippen LogP contribution in [0.1, 0.15) is 30.2 Å². The van der Waals surface area contributed by atoms with Crippen molar-refractivity contribution in [3.8, 4) is 0 Å². The molecule has 1 aliphatic heterocycles. The van der Waals surface area contributed by atoms with E-state index in [1.807, 2.05) is 0 Å². The van der Waals surface area contributed by atoms with E-state index in [0.717, 1.165) is 4.90 Å². The molecule has 2 rings (SSSR count). The predicted octanol–water partition coefficient (Wildman–Crippen LogP) is 1.24. The van der Waals surface area contributed by atoms with E-state index >= 15 is 0 Å². The van der Waals surface area contributed by atoms with Crippen LogP contribution in [0, 0.1) is 0 Å². The molecule has 0 atom stereocenters. The summed E-state index contributed by atoms with van der Waals surface area (Å²) in [5, 5.41) is 0. The first kappa shape index (κ1) is 14.1. The lowest BCUT2D eigenvalue weighted by Crippen LogP contribution is -2.35. The fourth-order valence-corrected chi connectivity index (χ4v) is 1.82. The molecule has 0 aromatic carbocycles. The van der Waals surface area contributed by atoms with Crippen LogP contribution in [-0.2, 0) is 16.1 Å². The van der Waals surface area contributed by atoms with Gasteiger partial charge in [0.2, 0.25) is 0 Å². The molecule has 108 valence electrons. The van der Waals surface area contributed by atoms with Gasteiger partial charge in [0.1, 0.15) is 5.76 Å². The molecule has 20 heavy (non-hydrogen) atoms. The Morgan fingerprint density at radius 1 is 1.30 bits per heavy atom. The number of nitrogens with zero attached hydrogens (tertiary/aromatic N) is 2. The number of carbonyl (C=O) groups excluding carboxylic acids is 3. The standard InChI is InChI=1S/C13H16N2O5/c1-13(2)11(17)15(12(18)20-13)7-8-5-6-9(19-8)10(16)14(3)4/h5-6H,7H2,1-4H3. The Labute approximate surface area is 116 Å². The molecule has 1 saturated heterocycles.